The van der Waals surface area contributed by atoms with Gasteiger partial charge in [-0.2, -0.15) is 0 Å². The lowest BCUT2D eigenvalue weighted by Gasteiger charge is -1.78. The van der Waals surface area contributed by atoms with Crippen molar-refractivity contribution in [1.82, 2.24) is 0 Å². The van der Waals surface area contributed by atoms with Crippen LogP contribution >= 0.6 is 0 Å². The van der Waals surface area contributed by atoms with E-state index in [9.17, 15) is 0 Å². The third-order valence-electron chi connectivity index (χ3n) is 0.478. The Hall–Kier alpha value is -0.0551. The molecule has 0 radical (unpaired) electrons. The predicted octanol–water partition coefficient (Wildman–Crippen LogP) is -0.0304. The fourth-order valence-electron chi connectivity index (χ4n) is 0.214. The van der Waals surface area contributed by atoms with E-state index in [0.717, 1.165) is 0 Å². The molecule has 1 heterocycles. The summed E-state index contributed by atoms with van der Waals surface area (Å²) in [6.07, 6.45) is 0. The molecule has 0 bridgehead atoms. The molecule has 1 fully saturated rings. The molecule has 4 heteroatoms. The summed E-state index contributed by atoms with van der Waals surface area (Å²) in [5, 5.41) is 0. The molecule has 0 atom stereocenters. The van der Waals surface area contributed by atoms with Crippen LogP contribution in [0.15, 0.2) is 0 Å². The molecule has 3 nitrogen and oxygen atoms in total. The molecular weight excluding hydrogens is 82.8 g/mol. The van der Waals surface area contributed by atoms with Crippen LogP contribution in [-0.4, -0.2) is 13.9 Å². The Morgan fingerprint density at radius 3 is 2.50 bits per heavy atom. The van der Waals surface area contributed by atoms with Crippen LogP contribution in [0, 0.1) is 0 Å². The molecule has 0 aromatic carbocycles. The van der Waals surface area contributed by atoms with Gasteiger partial charge < -0.3 is 4.65 Å². The standard InChI is InChI=1S/C2H5BO3/c1-2-4-3-5-6-3/h2H2,1H3. The molecule has 1 rings (SSSR count). The second-order valence-corrected chi connectivity index (χ2v) is 0.936. The summed E-state index contributed by atoms with van der Waals surface area (Å²) in [6.45, 7) is 2.52. The van der Waals surface area contributed by atoms with Gasteiger partial charge in [0.05, 0.1) is 0 Å². The van der Waals surface area contributed by atoms with Gasteiger partial charge in [0.2, 0.25) is 0 Å². The summed E-state index contributed by atoms with van der Waals surface area (Å²) < 4.78 is 4.71. The highest BCUT2D eigenvalue weighted by Gasteiger charge is 2.38. The molecule has 0 N–H and O–H groups in total. The monoisotopic (exact) mass is 88.0 g/mol. The summed E-state index contributed by atoms with van der Waals surface area (Å²) in [5.41, 5.74) is 0. The van der Waals surface area contributed by atoms with Crippen molar-refractivity contribution < 1.29 is 14.3 Å². The summed E-state index contributed by atoms with van der Waals surface area (Å²) in [4.78, 5) is 8.45. The van der Waals surface area contributed by atoms with Gasteiger partial charge in [0.1, 0.15) is 0 Å². The first-order valence-electron chi connectivity index (χ1n) is 1.87. The van der Waals surface area contributed by atoms with E-state index in [-0.39, 0.29) is 7.32 Å². The fraction of sp³-hybridized carbons (Fsp3) is 1.00. The molecule has 0 saturated carbocycles. The molecule has 0 aromatic rings. The zero-order valence-corrected chi connectivity index (χ0v) is 3.51. The minimum atomic E-state index is -0.352. The maximum atomic E-state index is 4.71. The average Bonchev–Trinajstić information content (AvgIpc) is 2.21. The first kappa shape index (κ1) is 4.11. The third kappa shape index (κ3) is 0.968. The Bertz CT molecular complexity index is 44.1. The van der Waals surface area contributed by atoms with E-state index in [2.05, 4.69) is 9.61 Å². The van der Waals surface area contributed by atoms with Gasteiger partial charge in [-0.3, -0.25) is 0 Å². The van der Waals surface area contributed by atoms with Gasteiger partial charge in [-0.25, -0.2) is 9.61 Å². The van der Waals surface area contributed by atoms with E-state index in [0.29, 0.717) is 6.61 Å². The minimum absolute atomic E-state index is 0.352. The maximum absolute atomic E-state index is 4.71. The van der Waals surface area contributed by atoms with Crippen LogP contribution in [-0.2, 0) is 14.3 Å². The zero-order valence-electron chi connectivity index (χ0n) is 3.51. The van der Waals surface area contributed by atoms with Crippen LogP contribution in [0.25, 0.3) is 0 Å². The third-order valence-corrected chi connectivity index (χ3v) is 0.478. The van der Waals surface area contributed by atoms with Crippen LogP contribution in [0.1, 0.15) is 6.92 Å². The highest BCUT2D eigenvalue weighted by molar-refractivity contribution is 6.41. The van der Waals surface area contributed by atoms with E-state index >= 15 is 0 Å². The molecule has 6 heavy (non-hydrogen) atoms. The first-order valence-corrected chi connectivity index (χ1v) is 1.87. The summed E-state index contributed by atoms with van der Waals surface area (Å²) >= 11 is 0. The lowest BCUT2D eigenvalue weighted by molar-refractivity contribution is 0.0850. The van der Waals surface area contributed by atoms with Crippen molar-refractivity contribution in [1.29, 1.82) is 0 Å². The zero-order chi connectivity index (χ0) is 4.41. The number of rotatable bonds is 2. The van der Waals surface area contributed by atoms with Gasteiger partial charge >= 0.3 is 7.32 Å². The van der Waals surface area contributed by atoms with Gasteiger partial charge in [-0.05, 0) is 6.92 Å². The topological polar surface area (TPSA) is 34.3 Å². The second kappa shape index (κ2) is 1.60. The largest absolute Gasteiger partial charge is 0.694 e. The van der Waals surface area contributed by atoms with E-state index in [1.165, 1.54) is 0 Å². The van der Waals surface area contributed by atoms with Crippen molar-refractivity contribution in [3.63, 3.8) is 0 Å². The van der Waals surface area contributed by atoms with E-state index in [1.807, 2.05) is 6.92 Å². The smallest absolute Gasteiger partial charge is 0.383 e. The minimum Gasteiger partial charge on any atom is -0.383 e. The van der Waals surface area contributed by atoms with Crippen molar-refractivity contribution in [3.8, 4) is 0 Å². The summed E-state index contributed by atoms with van der Waals surface area (Å²) in [5.74, 6) is 0. The summed E-state index contributed by atoms with van der Waals surface area (Å²) in [7, 11) is -0.352. The van der Waals surface area contributed by atoms with Crippen molar-refractivity contribution in [2.45, 2.75) is 6.92 Å². The molecule has 0 amide bonds. The van der Waals surface area contributed by atoms with Gasteiger partial charge in [0.25, 0.3) is 0 Å². The van der Waals surface area contributed by atoms with Crippen molar-refractivity contribution in [3.05, 3.63) is 0 Å². The predicted molar refractivity (Wildman–Crippen MR) is 19.5 cm³/mol. The van der Waals surface area contributed by atoms with Crippen LogP contribution < -0.4 is 0 Å². The van der Waals surface area contributed by atoms with E-state index < -0.39 is 0 Å². The van der Waals surface area contributed by atoms with Crippen LogP contribution in [0.2, 0.25) is 0 Å². The lowest BCUT2D eigenvalue weighted by atomic mass is 10.3. The number of hydrogen-bond acceptors (Lipinski definition) is 3. The average molecular weight is 87.9 g/mol. The number of hydrogen-bond donors (Lipinski definition) is 0. The molecule has 0 unspecified atom stereocenters. The Morgan fingerprint density at radius 2 is 2.33 bits per heavy atom. The lowest BCUT2D eigenvalue weighted by Crippen LogP contribution is -1.96. The Morgan fingerprint density at radius 1 is 1.67 bits per heavy atom. The molecule has 1 saturated heterocycles. The Labute approximate surface area is 36.3 Å². The van der Waals surface area contributed by atoms with Crippen LogP contribution in [0.4, 0.5) is 0 Å². The summed E-state index contributed by atoms with van der Waals surface area (Å²) in [6, 6.07) is 0. The SMILES string of the molecule is CCOB1OO1. The van der Waals surface area contributed by atoms with E-state index in [1.54, 1.807) is 0 Å². The molecule has 1 aliphatic heterocycles. The molecule has 0 spiro atoms. The molecule has 1 aliphatic rings. The van der Waals surface area contributed by atoms with Crippen molar-refractivity contribution >= 4 is 7.32 Å². The maximum Gasteiger partial charge on any atom is 0.694 e. The first-order chi connectivity index (χ1) is 2.93. The van der Waals surface area contributed by atoms with Crippen molar-refractivity contribution in [2.75, 3.05) is 6.61 Å². The highest BCUT2D eigenvalue weighted by Crippen LogP contribution is 2.05. The van der Waals surface area contributed by atoms with Gasteiger partial charge in [-0.15, -0.1) is 0 Å². The van der Waals surface area contributed by atoms with Crippen LogP contribution in [0.3, 0.4) is 0 Å². The molecule has 0 aliphatic carbocycles. The fourth-order valence-corrected chi connectivity index (χ4v) is 0.214. The molecular formula is C2H5BO3. The normalized spacial score (nSPS) is 18.5. The Balaban J connectivity index is 1.88. The molecule has 34 valence electrons. The second-order valence-electron chi connectivity index (χ2n) is 0.936. The van der Waals surface area contributed by atoms with Crippen molar-refractivity contribution in [2.24, 2.45) is 0 Å². The van der Waals surface area contributed by atoms with Gasteiger partial charge in [0.15, 0.2) is 0 Å². The van der Waals surface area contributed by atoms with Gasteiger partial charge in [-0.1, -0.05) is 0 Å². The Kier molecular flexibility index (Phi) is 1.09. The highest BCUT2D eigenvalue weighted by atomic mass is 17.4. The van der Waals surface area contributed by atoms with Crippen LogP contribution in [0.5, 0.6) is 0 Å². The van der Waals surface area contributed by atoms with E-state index in [4.69, 9.17) is 4.65 Å². The quantitative estimate of drug-likeness (QED) is 0.270. The molecule has 0 aromatic heterocycles. The van der Waals surface area contributed by atoms with Gasteiger partial charge in [0, 0.05) is 6.61 Å².